The van der Waals surface area contributed by atoms with Crippen LogP contribution in [0.1, 0.15) is 43.1 Å². The maximum Gasteiger partial charge on any atom is 0.272 e. The summed E-state index contributed by atoms with van der Waals surface area (Å²) in [5.74, 6) is 1.26. The number of benzene rings is 1. The van der Waals surface area contributed by atoms with Gasteiger partial charge in [-0.3, -0.25) is 4.79 Å². The maximum absolute atomic E-state index is 12.3. The first-order chi connectivity index (χ1) is 14.2. The molecule has 0 spiro atoms. The second-order valence-electron chi connectivity index (χ2n) is 8.01. The molecule has 2 aliphatic rings. The number of carbonyl (C=O) groups is 1. The highest BCUT2D eigenvalue weighted by atomic mass is 16.5. The molecule has 1 aromatic carbocycles. The van der Waals surface area contributed by atoms with Crippen LogP contribution < -0.4 is 15.5 Å². The molecule has 0 radical (unpaired) electrons. The number of nitrogens with zero attached hydrogens (tertiary/aromatic N) is 3. The number of nitrogens with one attached hydrogen (secondary N) is 2. The van der Waals surface area contributed by atoms with Crippen molar-refractivity contribution in [2.45, 2.75) is 38.6 Å². The molecule has 4 rings (SSSR count). The maximum atomic E-state index is 12.3. The highest BCUT2D eigenvalue weighted by Gasteiger charge is 2.18. The fraction of sp³-hybridized carbons (Fsp3) is 0.500. The Bertz CT molecular complexity index is 795. The monoisotopic (exact) mass is 395 g/mol. The van der Waals surface area contributed by atoms with Gasteiger partial charge in [-0.25, -0.2) is 0 Å². The Morgan fingerprint density at radius 2 is 1.72 bits per heavy atom. The van der Waals surface area contributed by atoms with Gasteiger partial charge in [0.2, 0.25) is 0 Å². The van der Waals surface area contributed by atoms with Crippen LogP contribution in [0.4, 0.5) is 17.2 Å². The van der Waals surface area contributed by atoms with Crippen LogP contribution in [0.15, 0.2) is 36.4 Å². The van der Waals surface area contributed by atoms with E-state index >= 15 is 0 Å². The standard InChI is InChI=1S/C22H29N5O2/c1-16-8-12-27(13-9-16)19-4-2-17(3-5-19)23-21-7-6-20(25-26-21)22(28)24-18-10-14-29-15-11-18/h2-7,16,18H,8-15H2,1H3,(H,23,26)(H,24,28). The summed E-state index contributed by atoms with van der Waals surface area (Å²) in [4.78, 5) is 14.8. The zero-order valence-electron chi connectivity index (χ0n) is 16.9. The molecule has 154 valence electrons. The zero-order chi connectivity index (χ0) is 20.1. The molecule has 2 aliphatic heterocycles. The van der Waals surface area contributed by atoms with Gasteiger partial charge in [-0.05, 0) is 68.0 Å². The number of amides is 1. The van der Waals surface area contributed by atoms with E-state index in [1.54, 1.807) is 12.1 Å². The highest BCUT2D eigenvalue weighted by Crippen LogP contribution is 2.25. The highest BCUT2D eigenvalue weighted by molar-refractivity contribution is 5.92. The van der Waals surface area contributed by atoms with Crippen LogP contribution in [0.2, 0.25) is 0 Å². The van der Waals surface area contributed by atoms with E-state index < -0.39 is 0 Å². The number of rotatable bonds is 5. The summed E-state index contributed by atoms with van der Waals surface area (Å²) >= 11 is 0. The fourth-order valence-electron chi connectivity index (χ4n) is 3.79. The van der Waals surface area contributed by atoms with E-state index in [2.05, 4.69) is 56.9 Å². The average molecular weight is 396 g/mol. The summed E-state index contributed by atoms with van der Waals surface area (Å²) in [6, 6.07) is 12.0. The van der Waals surface area contributed by atoms with Gasteiger partial charge in [0.15, 0.2) is 11.5 Å². The van der Waals surface area contributed by atoms with E-state index in [0.717, 1.165) is 37.5 Å². The topological polar surface area (TPSA) is 79.4 Å². The first-order valence-corrected chi connectivity index (χ1v) is 10.5. The predicted molar refractivity (Wildman–Crippen MR) is 114 cm³/mol. The Morgan fingerprint density at radius 1 is 1.00 bits per heavy atom. The minimum absolute atomic E-state index is 0.150. The summed E-state index contributed by atoms with van der Waals surface area (Å²) in [6.45, 7) is 5.95. The quantitative estimate of drug-likeness (QED) is 0.808. The van der Waals surface area contributed by atoms with E-state index in [4.69, 9.17) is 4.74 Å². The zero-order valence-corrected chi connectivity index (χ0v) is 16.9. The summed E-state index contributed by atoms with van der Waals surface area (Å²) < 4.78 is 5.32. The lowest BCUT2D eigenvalue weighted by Crippen LogP contribution is -2.39. The van der Waals surface area contributed by atoms with Crippen molar-refractivity contribution in [3.05, 3.63) is 42.1 Å². The molecule has 29 heavy (non-hydrogen) atoms. The van der Waals surface area contributed by atoms with E-state index in [1.807, 2.05) is 0 Å². The fourth-order valence-corrected chi connectivity index (χ4v) is 3.79. The van der Waals surface area contributed by atoms with E-state index in [9.17, 15) is 4.79 Å². The van der Waals surface area contributed by atoms with Gasteiger partial charge in [0.05, 0.1) is 0 Å². The minimum Gasteiger partial charge on any atom is -0.381 e. The Balaban J connectivity index is 1.32. The third kappa shape index (κ3) is 5.23. The Kier molecular flexibility index (Phi) is 6.24. The number of piperidine rings is 1. The molecule has 2 N–H and O–H groups in total. The van der Waals surface area contributed by atoms with Crippen LogP contribution >= 0.6 is 0 Å². The van der Waals surface area contributed by atoms with Crippen molar-refractivity contribution < 1.29 is 9.53 Å². The first-order valence-electron chi connectivity index (χ1n) is 10.5. The van der Waals surface area contributed by atoms with Crippen molar-refractivity contribution in [2.75, 3.05) is 36.5 Å². The first kappa shape index (κ1) is 19.6. The molecule has 7 nitrogen and oxygen atoms in total. The van der Waals surface area contributed by atoms with Crippen LogP contribution in [0.25, 0.3) is 0 Å². The SMILES string of the molecule is CC1CCN(c2ccc(Nc3ccc(C(=O)NC4CCOCC4)nn3)cc2)CC1. The van der Waals surface area contributed by atoms with E-state index in [1.165, 1.54) is 18.5 Å². The van der Waals surface area contributed by atoms with Crippen LogP contribution in [-0.2, 0) is 4.74 Å². The van der Waals surface area contributed by atoms with E-state index in [-0.39, 0.29) is 11.9 Å². The summed E-state index contributed by atoms with van der Waals surface area (Å²) in [5.41, 5.74) is 2.54. The van der Waals surface area contributed by atoms with Gasteiger partial charge in [-0.15, -0.1) is 10.2 Å². The number of hydrogen-bond donors (Lipinski definition) is 2. The molecule has 0 aliphatic carbocycles. The molecule has 0 atom stereocenters. The molecule has 2 saturated heterocycles. The number of aromatic nitrogens is 2. The van der Waals surface area contributed by atoms with Crippen LogP contribution in [-0.4, -0.2) is 48.4 Å². The van der Waals surface area contributed by atoms with Gasteiger partial charge < -0.3 is 20.3 Å². The number of hydrogen-bond acceptors (Lipinski definition) is 6. The lowest BCUT2D eigenvalue weighted by Gasteiger charge is -2.32. The molecule has 3 heterocycles. The Hall–Kier alpha value is -2.67. The second kappa shape index (κ2) is 9.22. The van der Waals surface area contributed by atoms with Gasteiger partial charge in [-0.1, -0.05) is 6.92 Å². The Labute approximate surface area is 171 Å². The van der Waals surface area contributed by atoms with Gasteiger partial charge in [0, 0.05) is 43.7 Å². The number of carbonyl (C=O) groups excluding carboxylic acids is 1. The third-order valence-electron chi connectivity index (χ3n) is 5.74. The lowest BCUT2D eigenvalue weighted by atomic mass is 9.99. The Morgan fingerprint density at radius 3 is 2.38 bits per heavy atom. The number of anilines is 3. The van der Waals surface area contributed by atoms with Crippen molar-refractivity contribution in [3.8, 4) is 0 Å². The molecule has 1 amide bonds. The smallest absolute Gasteiger partial charge is 0.272 e. The van der Waals surface area contributed by atoms with Crippen molar-refractivity contribution in [2.24, 2.45) is 5.92 Å². The van der Waals surface area contributed by atoms with E-state index in [0.29, 0.717) is 24.7 Å². The van der Waals surface area contributed by atoms with Gasteiger partial charge >= 0.3 is 0 Å². The molecule has 0 saturated carbocycles. The lowest BCUT2D eigenvalue weighted by molar-refractivity contribution is 0.0693. The molecule has 2 aromatic rings. The molecule has 0 bridgehead atoms. The van der Waals surface area contributed by atoms with Crippen LogP contribution in [0.5, 0.6) is 0 Å². The molecular formula is C22H29N5O2. The van der Waals surface area contributed by atoms with Crippen molar-refractivity contribution >= 4 is 23.1 Å². The summed E-state index contributed by atoms with van der Waals surface area (Å²) in [5, 5.41) is 14.5. The van der Waals surface area contributed by atoms with Crippen LogP contribution in [0.3, 0.4) is 0 Å². The summed E-state index contributed by atoms with van der Waals surface area (Å²) in [6.07, 6.45) is 4.19. The van der Waals surface area contributed by atoms with Crippen molar-refractivity contribution in [3.63, 3.8) is 0 Å². The van der Waals surface area contributed by atoms with Gasteiger partial charge in [0.25, 0.3) is 5.91 Å². The van der Waals surface area contributed by atoms with Gasteiger partial charge in [-0.2, -0.15) is 0 Å². The molecular weight excluding hydrogens is 366 g/mol. The average Bonchev–Trinajstić information content (AvgIpc) is 2.76. The largest absolute Gasteiger partial charge is 0.381 e. The predicted octanol–water partition coefficient (Wildman–Crippen LogP) is 3.37. The molecule has 2 fully saturated rings. The van der Waals surface area contributed by atoms with Gasteiger partial charge in [0.1, 0.15) is 0 Å². The van der Waals surface area contributed by atoms with Crippen molar-refractivity contribution in [1.82, 2.24) is 15.5 Å². The number of ether oxygens (including phenoxy) is 1. The molecule has 1 aromatic heterocycles. The molecule has 7 heteroatoms. The minimum atomic E-state index is -0.184. The molecule has 0 unspecified atom stereocenters. The normalized spacial score (nSPS) is 18.4. The summed E-state index contributed by atoms with van der Waals surface area (Å²) in [7, 11) is 0. The second-order valence-corrected chi connectivity index (χ2v) is 8.01. The van der Waals surface area contributed by atoms with Crippen molar-refractivity contribution in [1.29, 1.82) is 0 Å². The third-order valence-corrected chi connectivity index (χ3v) is 5.74. The van der Waals surface area contributed by atoms with Crippen LogP contribution in [0, 0.1) is 5.92 Å².